The lowest BCUT2D eigenvalue weighted by Gasteiger charge is -2.43. The zero-order valence-electron chi connectivity index (χ0n) is 26.9. The number of carbonyl (C=O) groups is 1. The molecule has 3 aliphatic rings. The van der Waals surface area contributed by atoms with Gasteiger partial charge in [-0.3, -0.25) is 9.80 Å². The molecule has 1 saturated carbocycles. The number of aromatic nitrogens is 2. The maximum atomic E-state index is 13.9. The van der Waals surface area contributed by atoms with Gasteiger partial charge in [0, 0.05) is 95.0 Å². The van der Waals surface area contributed by atoms with Crippen LogP contribution in [0.3, 0.4) is 0 Å². The van der Waals surface area contributed by atoms with E-state index in [1.165, 1.54) is 25.9 Å². The lowest BCUT2D eigenvalue weighted by Crippen LogP contribution is -2.53. The van der Waals surface area contributed by atoms with E-state index in [0.717, 1.165) is 68.9 Å². The number of benzene rings is 2. The monoisotopic (exact) mass is 652 g/mol. The molecule has 0 spiro atoms. The Bertz CT molecular complexity index is 1530. The standard InChI is InChI=1S/C34H43F3N8O2/c1-38-29-5-3-4-23(27(29)12-19-46)21-39-32-28(34(35,36)37)22-40-33(42-32)41-30-9-8-26(20-31(30)47-2)43-13-10-25(11-14-43)45-17-15-44(16-18-45)24-6-7-24/h3-5,8-9,19-20,22,24-25,38H,6-7,10-18,21H2,1-2H3,(H2,39,40,41,42). The molecule has 6 rings (SSSR count). The highest BCUT2D eigenvalue weighted by Crippen LogP contribution is 2.37. The van der Waals surface area contributed by atoms with E-state index in [-0.39, 0.29) is 24.7 Å². The number of nitrogens with zero attached hydrogens (tertiary/aromatic N) is 5. The third-order valence-corrected chi connectivity index (χ3v) is 9.56. The molecule has 0 bridgehead atoms. The van der Waals surface area contributed by atoms with Crippen molar-refractivity contribution in [3.63, 3.8) is 0 Å². The summed E-state index contributed by atoms with van der Waals surface area (Å²) in [4.78, 5) is 27.2. The fourth-order valence-corrected chi connectivity index (χ4v) is 6.82. The number of nitrogens with one attached hydrogen (secondary N) is 3. The second kappa shape index (κ2) is 14.3. The molecule has 3 N–H and O–H groups in total. The van der Waals surface area contributed by atoms with Crippen LogP contribution in [-0.4, -0.2) is 91.6 Å². The van der Waals surface area contributed by atoms with Crippen LogP contribution in [0.5, 0.6) is 5.75 Å². The first-order valence-electron chi connectivity index (χ1n) is 16.4. The molecule has 2 aliphatic heterocycles. The number of halogens is 3. The van der Waals surface area contributed by atoms with Gasteiger partial charge < -0.3 is 30.4 Å². The molecule has 1 aromatic heterocycles. The molecule has 2 aromatic carbocycles. The van der Waals surface area contributed by atoms with Crippen LogP contribution in [0.15, 0.2) is 42.6 Å². The van der Waals surface area contributed by atoms with Gasteiger partial charge in [-0.1, -0.05) is 12.1 Å². The van der Waals surface area contributed by atoms with Crippen molar-refractivity contribution in [2.45, 2.75) is 56.9 Å². The Morgan fingerprint density at radius 2 is 1.66 bits per heavy atom. The summed E-state index contributed by atoms with van der Waals surface area (Å²) in [5, 5.41) is 8.91. The molecule has 3 heterocycles. The summed E-state index contributed by atoms with van der Waals surface area (Å²) in [6.07, 6.45) is 1.94. The average Bonchev–Trinajstić information content (AvgIpc) is 3.94. The third-order valence-electron chi connectivity index (χ3n) is 9.56. The normalized spacial score (nSPS) is 18.2. The fraction of sp³-hybridized carbons (Fsp3) is 0.500. The first-order valence-corrected chi connectivity index (χ1v) is 16.4. The Morgan fingerprint density at radius 1 is 0.957 bits per heavy atom. The quantitative estimate of drug-likeness (QED) is 0.221. The highest BCUT2D eigenvalue weighted by Gasteiger charge is 2.36. The summed E-state index contributed by atoms with van der Waals surface area (Å²) >= 11 is 0. The van der Waals surface area contributed by atoms with Gasteiger partial charge in [0.1, 0.15) is 23.4 Å². The van der Waals surface area contributed by atoms with E-state index >= 15 is 0 Å². The minimum Gasteiger partial charge on any atom is -0.494 e. The van der Waals surface area contributed by atoms with Crippen LogP contribution in [0.1, 0.15) is 42.4 Å². The first-order chi connectivity index (χ1) is 22.8. The topological polar surface area (TPSA) is 97.9 Å². The lowest BCUT2D eigenvalue weighted by molar-refractivity contribution is -0.137. The molecular formula is C34H43F3N8O2. The van der Waals surface area contributed by atoms with E-state index in [4.69, 9.17) is 4.74 Å². The molecule has 2 saturated heterocycles. The number of ether oxygens (including phenoxy) is 1. The van der Waals surface area contributed by atoms with E-state index < -0.39 is 11.7 Å². The van der Waals surface area contributed by atoms with Crippen LogP contribution in [0.2, 0.25) is 0 Å². The van der Waals surface area contributed by atoms with Crippen molar-refractivity contribution in [3.05, 3.63) is 59.3 Å². The van der Waals surface area contributed by atoms with Crippen LogP contribution >= 0.6 is 0 Å². The summed E-state index contributed by atoms with van der Waals surface area (Å²) < 4.78 is 47.5. The molecular weight excluding hydrogens is 609 g/mol. The van der Waals surface area contributed by atoms with Crippen molar-refractivity contribution < 1.29 is 22.7 Å². The number of piperazine rings is 1. The number of alkyl halides is 3. The second-order valence-corrected chi connectivity index (χ2v) is 12.4. The van der Waals surface area contributed by atoms with Crippen LogP contribution in [0, 0.1) is 0 Å². The molecule has 0 unspecified atom stereocenters. The van der Waals surface area contributed by atoms with E-state index in [0.29, 0.717) is 28.6 Å². The van der Waals surface area contributed by atoms with Crippen LogP contribution < -0.4 is 25.6 Å². The van der Waals surface area contributed by atoms with Crippen LogP contribution in [0.4, 0.5) is 42.0 Å². The summed E-state index contributed by atoms with van der Waals surface area (Å²) in [5.41, 5.74) is 2.72. The van der Waals surface area contributed by atoms with Crippen molar-refractivity contribution in [1.82, 2.24) is 19.8 Å². The van der Waals surface area contributed by atoms with Crippen molar-refractivity contribution in [1.29, 1.82) is 0 Å². The van der Waals surface area contributed by atoms with Gasteiger partial charge in [-0.25, -0.2) is 4.98 Å². The van der Waals surface area contributed by atoms with Crippen LogP contribution in [-0.2, 0) is 23.9 Å². The van der Waals surface area contributed by atoms with Gasteiger partial charge in [-0.05, 0) is 55.0 Å². The number of hydrogen-bond donors (Lipinski definition) is 3. The van der Waals surface area contributed by atoms with Crippen molar-refractivity contribution in [2.75, 3.05) is 74.3 Å². The lowest BCUT2D eigenvalue weighted by atomic mass is 10.0. The van der Waals surface area contributed by atoms with Crippen molar-refractivity contribution in [3.8, 4) is 5.75 Å². The van der Waals surface area contributed by atoms with Crippen molar-refractivity contribution in [2.24, 2.45) is 0 Å². The van der Waals surface area contributed by atoms with Gasteiger partial charge in [-0.15, -0.1) is 0 Å². The molecule has 3 aromatic rings. The molecule has 3 fully saturated rings. The molecule has 0 amide bonds. The minimum atomic E-state index is -4.67. The largest absolute Gasteiger partial charge is 0.494 e. The number of carbonyl (C=O) groups excluding carboxylic acids is 1. The van der Waals surface area contributed by atoms with Gasteiger partial charge in [0.15, 0.2) is 0 Å². The molecule has 47 heavy (non-hydrogen) atoms. The maximum absolute atomic E-state index is 13.9. The molecule has 13 heteroatoms. The smallest absolute Gasteiger partial charge is 0.421 e. The van der Waals surface area contributed by atoms with Gasteiger partial charge in [0.05, 0.1) is 12.8 Å². The Morgan fingerprint density at radius 3 is 2.28 bits per heavy atom. The van der Waals surface area contributed by atoms with Gasteiger partial charge in [-0.2, -0.15) is 18.2 Å². The zero-order chi connectivity index (χ0) is 33.0. The summed E-state index contributed by atoms with van der Waals surface area (Å²) in [7, 11) is 3.29. The highest BCUT2D eigenvalue weighted by molar-refractivity contribution is 5.69. The van der Waals surface area contributed by atoms with E-state index in [1.54, 1.807) is 26.3 Å². The van der Waals surface area contributed by atoms with Gasteiger partial charge >= 0.3 is 6.18 Å². The highest BCUT2D eigenvalue weighted by atomic mass is 19.4. The SMILES string of the molecule is CNc1cccc(CNc2nc(Nc3ccc(N4CCC(N5CCN(C6CC6)CC5)CC4)cc3OC)ncc2C(F)(F)F)c1CC=O. The number of methoxy groups -OCH3 is 1. The minimum absolute atomic E-state index is 0.00811. The Hall–Kier alpha value is -4.10. The summed E-state index contributed by atoms with van der Waals surface area (Å²) in [5.74, 6) is 0.168. The number of piperidine rings is 1. The molecule has 0 radical (unpaired) electrons. The summed E-state index contributed by atoms with van der Waals surface area (Å²) in [6, 6.07) is 12.6. The number of rotatable bonds is 12. The Kier molecular flexibility index (Phi) is 10.0. The number of anilines is 5. The summed E-state index contributed by atoms with van der Waals surface area (Å²) in [6.45, 7) is 6.61. The first kappa shape index (κ1) is 32.8. The van der Waals surface area contributed by atoms with Gasteiger partial charge in [0.2, 0.25) is 5.95 Å². The van der Waals surface area contributed by atoms with E-state index in [2.05, 4.69) is 40.6 Å². The fourth-order valence-electron chi connectivity index (χ4n) is 6.82. The molecule has 1 aliphatic carbocycles. The average molecular weight is 653 g/mol. The van der Waals surface area contributed by atoms with E-state index in [1.807, 2.05) is 24.3 Å². The predicted octanol–water partition coefficient (Wildman–Crippen LogP) is 5.39. The number of aldehydes is 1. The van der Waals surface area contributed by atoms with Crippen molar-refractivity contribution >= 4 is 35.1 Å². The predicted molar refractivity (Wildman–Crippen MR) is 178 cm³/mol. The third kappa shape index (κ3) is 7.73. The molecule has 10 nitrogen and oxygen atoms in total. The van der Waals surface area contributed by atoms with Crippen LogP contribution in [0.25, 0.3) is 0 Å². The second-order valence-electron chi connectivity index (χ2n) is 12.4. The number of hydrogen-bond acceptors (Lipinski definition) is 10. The molecule has 0 atom stereocenters. The Labute approximate surface area is 273 Å². The van der Waals surface area contributed by atoms with E-state index in [9.17, 15) is 18.0 Å². The molecule has 252 valence electrons. The zero-order valence-corrected chi connectivity index (χ0v) is 26.9. The maximum Gasteiger partial charge on any atom is 0.421 e. The Balaban J connectivity index is 1.12. The van der Waals surface area contributed by atoms with Gasteiger partial charge in [0.25, 0.3) is 0 Å².